The second kappa shape index (κ2) is 5.40. The molecule has 5 nitrogen and oxygen atoms in total. The Morgan fingerprint density at radius 1 is 1.42 bits per heavy atom. The average molecular weight is 258 g/mol. The Balaban J connectivity index is 1.61. The SMILES string of the molecule is Cn1cnnc1CCNC1CCOc2ccccc21. The molecule has 1 N–H and O–H groups in total. The maximum absolute atomic E-state index is 5.66. The number of nitrogens with one attached hydrogen (secondary N) is 1. The Morgan fingerprint density at radius 3 is 3.16 bits per heavy atom. The van der Waals surface area contributed by atoms with Crippen molar-refractivity contribution in [1.29, 1.82) is 0 Å². The van der Waals surface area contributed by atoms with E-state index < -0.39 is 0 Å². The largest absolute Gasteiger partial charge is 0.493 e. The standard InChI is InChI=1S/C14H18N4O/c1-18-10-16-17-14(18)6-8-15-12-7-9-19-13-5-3-2-4-11(12)13/h2-5,10,12,15H,6-9H2,1H3. The van der Waals surface area contributed by atoms with Crippen LogP contribution >= 0.6 is 0 Å². The summed E-state index contributed by atoms with van der Waals surface area (Å²) in [6, 6.07) is 8.62. The van der Waals surface area contributed by atoms with Crippen LogP contribution in [0.25, 0.3) is 0 Å². The van der Waals surface area contributed by atoms with Gasteiger partial charge in [0, 0.05) is 38.0 Å². The van der Waals surface area contributed by atoms with E-state index in [9.17, 15) is 0 Å². The minimum Gasteiger partial charge on any atom is -0.493 e. The van der Waals surface area contributed by atoms with Gasteiger partial charge in [-0.15, -0.1) is 10.2 Å². The molecule has 0 saturated carbocycles. The fourth-order valence-corrected chi connectivity index (χ4v) is 2.45. The predicted octanol–water partition coefficient (Wildman–Crippen LogP) is 1.47. The van der Waals surface area contributed by atoms with Crippen LogP contribution in [0.1, 0.15) is 23.9 Å². The Hall–Kier alpha value is -1.88. The molecule has 2 heterocycles. The molecular formula is C14H18N4O. The third kappa shape index (κ3) is 2.61. The highest BCUT2D eigenvalue weighted by atomic mass is 16.5. The van der Waals surface area contributed by atoms with Crippen molar-refractivity contribution in [1.82, 2.24) is 20.1 Å². The minimum absolute atomic E-state index is 0.373. The van der Waals surface area contributed by atoms with E-state index in [-0.39, 0.29) is 0 Å². The lowest BCUT2D eigenvalue weighted by Crippen LogP contribution is -2.29. The van der Waals surface area contributed by atoms with E-state index in [1.165, 1.54) is 5.56 Å². The van der Waals surface area contributed by atoms with Crippen molar-refractivity contribution in [2.45, 2.75) is 18.9 Å². The van der Waals surface area contributed by atoms with Gasteiger partial charge in [0.05, 0.1) is 6.61 Å². The molecule has 3 rings (SSSR count). The molecule has 0 radical (unpaired) electrons. The highest BCUT2D eigenvalue weighted by Crippen LogP contribution is 2.31. The van der Waals surface area contributed by atoms with Crippen LogP contribution in [0, 0.1) is 0 Å². The van der Waals surface area contributed by atoms with Crippen LogP contribution in [-0.4, -0.2) is 27.9 Å². The van der Waals surface area contributed by atoms with Crippen LogP contribution in [0.3, 0.4) is 0 Å². The second-order valence-corrected chi connectivity index (χ2v) is 4.79. The van der Waals surface area contributed by atoms with Crippen molar-refractivity contribution in [3.05, 3.63) is 42.0 Å². The molecule has 0 amide bonds. The van der Waals surface area contributed by atoms with E-state index >= 15 is 0 Å². The van der Waals surface area contributed by atoms with Gasteiger partial charge in [-0.2, -0.15) is 0 Å². The zero-order chi connectivity index (χ0) is 13.1. The van der Waals surface area contributed by atoms with Crippen molar-refractivity contribution in [3.8, 4) is 5.75 Å². The normalized spacial score (nSPS) is 17.8. The molecule has 0 saturated heterocycles. The Labute approximate surface area is 112 Å². The molecule has 0 bridgehead atoms. The Bertz CT molecular complexity index is 552. The molecule has 1 aromatic carbocycles. The first-order valence-electron chi connectivity index (χ1n) is 6.62. The number of hydrogen-bond donors (Lipinski definition) is 1. The van der Waals surface area contributed by atoms with Gasteiger partial charge in [0.1, 0.15) is 17.9 Å². The van der Waals surface area contributed by atoms with Crippen LogP contribution < -0.4 is 10.1 Å². The summed E-state index contributed by atoms with van der Waals surface area (Å²) >= 11 is 0. The molecule has 1 aromatic heterocycles. The summed E-state index contributed by atoms with van der Waals surface area (Å²) in [5, 5.41) is 11.6. The van der Waals surface area contributed by atoms with E-state index in [1.807, 2.05) is 23.7 Å². The number of rotatable bonds is 4. The summed E-state index contributed by atoms with van der Waals surface area (Å²) in [6.45, 7) is 1.67. The van der Waals surface area contributed by atoms with Crippen LogP contribution in [0.15, 0.2) is 30.6 Å². The van der Waals surface area contributed by atoms with Gasteiger partial charge >= 0.3 is 0 Å². The zero-order valence-electron chi connectivity index (χ0n) is 11.0. The van der Waals surface area contributed by atoms with Crippen molar-refractivity contribution in [3.63, 3.8) is 0 Å². The van der Waals surface area contributed by atoms with E-state index in [4.69, 9.17) is 4.74 Å². The van der Waals surface area contributed by atoms with Crippen LogP contribution in [0.2, 0.25) is 0 Å². The first-order valence-corrected chi connectivity index (χ1v) is 6.62. The van der Waals surface area contributed by atoms with E-state index in [0.717, 1.165) is 37.6 Å². The summed E-state index contributed by atoms with van der Waals surface area (Å²) in [5.41, 5.74) is 1.26. The molecule has 1 aliphatic rings. The summed E-state index contributed by atoms with van der Waals surface area (Å²) in [4.78, 5) is 0. The molecule has 0 spiro atoms. The van der Waals surface area contributed by atoms with Crippen LogP contribution in [-0.2, 0) is 13.5 Å². The molecule has 0 aliphatic carbocycles. The molecule has 19 heavy (non-hydrogen) atoms. The maximum atomic E-state index is 5.66. The highest BCUT2D eigenvalue weighted by Gasteiger charge is 2.20. The highest BCUT2D eigenvalue weighted by molar-refractivity contribution is 5.37. The zero-order valence-corrected chi connectivity index (χ0v) is 11.0. The first-order chi connectivity index (χ1) is 9.34. The molecule has 2 aromatic rings. The smallest absolute Gasteiger partial charge is 0.133 e. The minimum atomic E-state index is 0.373. The molecule has 1 atom stereocenters. The first kappa shape index (κ1) is 12.2. The number of ether oxygens (including phenoxy) is 1. The number of para-hydroxylation sites is 1. The Kier molecular flexibility index (Phi) is 3.46. The lowest BCUT2D eigenvalue weighted by Gasteiger charge is -2.26. The van der Waals surface area contributed by atoms with Gasteiger partial charge in [0.2, 0.25) is 0 Å². The maximum Gasteiger partial charge on any atom is 0.133 e. The van der Waals surface area contributed by atoms with Gasteiger partial charge in [0.25, 0.3) is 0 Å². The second-order valence-electron chi connectivity index (χ2n) is 4.79. The van der Waals surface area contributed by atoms with Crippen molar-refractivity contribution < 1.29 is 4.74 Å². The van der Waals surface area contributed by atoms with Crippen molar-refractivity contribution >= 4 is 0 Å². The lowest BCUT2D eigenvalue weighted by molar-refractivity contribution is 0.253. The van der Waals surface area contributed by atoms with E-state index in [1.54, 1.807) is 6.33 Å². The fraction of sp³-hybridized carbons (Fsp3) is 0.429. The molecule has 100 valence electrons. The number of hydrogen-bond acceptors (Lipinski definition) is 4. The number of nitrogens with zero attached hydrogens (tertiary/aromatic N) is 3. The van der Waals surface area contributed by atoms with Gasteiger partial charge in [0.15, 0.2) is 0 Å². The summed E-state index contributed by atoms with van der Waals surface area (Å²) in [5.74, 6) is 2.01. The van der Waals surface area contributed by atoms with Crippen molar-refractivity contribution in [2.24, 2.45) is 7.05 Å². The molecule has 0 fully saturated rings. The molecular weight excluding hydrogens is 240 g/mol. The lowest BCUT2D eigenvalue weighted by atomic mass is 10.0. The Morgan fingerprint density at radius 2 is 2.32 bits per heavy atom. The van der Waals surface area contributed by atoms with E-state index in [0.29, 0.717) is 6.04 Å². The molecule has 1 unspecified atom stereocenters. The number of benzene rings is 1. The molecule has 5 heteroatoms. The summed E-state index contributed by atoms with van der Waals surface area (Å²) < 4.78 is 7.62. The van der Waals surface area contributed by atoms with Crippen molar-refractivity contribution in [2.75, 3.05) is 13.2 Å². The third-order valence-electron chi connectivity index (χ3n) is 3.50. The van der Waals surface area contributed by atoms with Gasteiger partial charge in [-0.05, 0) is 6.07 Å². The summed E-state index contributed by atoms with van der Waals surface area (Å²) in [6.07, 6.45) is 3.63. The van der Waals surface area contributed by atoms with Crippen LogP contribution in [0.5, 0.6) is 5.75 Å². The quantitative estimate of drug-likeness (QED) is 0.902. The number of aryl methyl sites for hydroxylation is 1. The van der Waals surface area contributed by atoms with Crippen LogP contribution in [0.4, 0.5) is 0 Å². The number of aromatic nitrogens is 3. The van der Waals surface area contributed by atoms with Gasteiger partial charge in [-0.25, -0.2) is 0 Å². The van der Waals surface area contributed by atoms with Gasteiger partial charge in [-0.3, -0.25) is 0 Å². The predicted molar refractivity (Wildman–Crippen MR) is 72.0 cm³/mol. The average Bonchev–Trinajstić information content (AvgIpc) is 2.85. The third-order valence-corrected chi connectivity index (χ3v) is 3.50. The summed E-state index contributed by atoms with van der Waals surface area (Å²) in [7, 11) is 1.97. The van der Waals surface area contributed by atoms with E-state index in [2.05, 4.69) is 27.6 Å². The molecule has 1 aliphatic heterocycles. The van der Waals surface area contributed by atoms with Gasteiger partial charge in [-0.1, -0.05) is 18.2 Å². The topological polar surface area (TPSA) is 52.0 Å². The number of fused-ring (bicyclic) bond motifs is 1. The van der Waals surface area contributed by atoms with Gasteiger partial charge < -0.3 is 14.6 Å². The monoisotopic (exact) mass is 258 g/mol. The fourth-order valence-electron chi connectivity index (χ4n) is 2.45.